The molecular weight excluding hydrogens is 150 g/mol. The fourth-order valence-electron chi connectivity index (χ4n) is 1.89. The normalized spacial score (nSPS) is 26.5. The molecule has 0 aromatic carbocycles. The first kappa shape index (κ1) is 10.0. The van der Waals surface area contributed by atoms with Gasteiger partial charge >= 0.3 is 0 Å². The molecule has 0 amide bonds. The van der Waals surface area contributed by atoms with E-state index in [4.69, 9.17) is 5.11 Å². The van der Waals surface area contributed by atoms with Crippen molar-refractivity contribution in [2.24, 2.45) is 5.92 Å². The van der Waals surface area contributed by atoms with E-state index in [1.165, 1.54) is 25.3 Å². The highest BCUT2D eigenvalue weighted by atomic mass is 16.3. The number of hydrogen-bond acceptors (Lipinski definition) is 2. The Kier molecular flexibility index (Phi) is 4.02. The van der Waals surface area contributed by atoms with Gasteiger partial charge in [-0.15, -0.1) is 0 Å². The van der Waals surface area contributed by atoms with Crippen molar-refractivity contribution < 1.29 is 5.11 Å². The standard InChI is InChI=1S/C10H20NO/c1-9(2)6-11-5-3-4-10(7-11)8-12/h10,12H,3-8H2,1-2H3. The molecule has 1 saturated heterocycles. The summed E-state index contributed by atoms with van der Waals surface area (Å²) in [5.74, 6) is 1.99. The van der Waals surface area contributed by atoms with Crippen LogP contribution in [0, 0.1) is 11.8 Å². The average molecular weight is 170 g/mol. The minimum absolute atomic E-state index is 0.360. The van der Waals surface area contributed by atoms with Gasteiger partial charge in [-0.1, -0.05) is 13.8 Å². The van der Waals surface area contributed by atoms with Gasteiger partial charge in [-0.25, -0.2) is 0 Å². The molecular formula is C10H20NO. The third-order valence-electron chi connectivity index (χ3n) is 2.40. The molecule has 0 spiro atoms. The number of hydrogen-bond donors (Lipinski definition) is 1. The lowest BCUT2D eigenvalue weighted by Gasteiger charge is -2.32. The van der Waals surface area contributed by atoms with Gasteiger partial charge in [0.1, 0.15) is 0 Å². The second kappa shape index (κ2) is 4.83. The first-order chi connectivity index (χ1) is 5.72. The fraction of sp³-hybridized carbons (Fsp3) is 0.900. The highest BCUT2D eigenvalue weighted by Gasteiger charge is 2.19. The molecule has 1 heterocycles. The quantitative estimate of drug-likeness (QED) is 0.690. The van der Waals surface area contributed by atoms with Crippen LogP contribution < -0.4 is 0 Å². The van der Waals surface area contributed by atoms with Crippen LogP contribution in [-0.4, -0.2) is 36.2 Å². The van der Waals surface area contributed by atoms with Crippen LogP contribution in [0.25, 0.3) is 0 Å². The zero-order valence-electron chi connectivity index (χ0n) is 8.21. The van der Waals surface area contributed by atoms with Gasteiger partial charge in [0.05, 0.1) is 0 Å². The van der Waals surface area contributed by atoms with Crippen molar-refractivity contribution >= 4 is 0 Å². The Morgan fingerprint density at radius 3 is 2.83 bits per heavy atom. The molecule has 0 aromatic heterocycles. The Bertz CT molecular complexity index is 125. The molecule has 1 unspecified atom stereocenters. The van der Waals surface area contributed by atoms with Crippen molar-refractivity contribution in [1.82, 2.24) is 4.90 Å². The summed E-state index contributed by atoms with van der Waals surface area (Å²) in [7, 11) is 0. The molecule has 1 aliphatic rings. The molecule has 1 radical (unpaired) electrons. The molecule has 0 saturated carbocycles. The average Bonchev–Trinajstić information content (AvgIpc) is 2.03. The van der Waals surface area contributed by atoms with Crippen LogP contribution in [0.15, 0.2) is 0 Å². The van der Waals surface area contributed by atoms with Gasteiger partial charge in [0, 0.05) is 19.7 Å². The number of aliphatic hydroxyl groups excluding tert-OH is 1. The molecule has 0 aromatic rings. The number of nitrogens with zero attached hydrogens (tertiary/aromatic N) is 1. The maximum absolute atomic E-state index is 9.01. The van der Waals surface area contributed by atoms with E-state index >= 15 is 0 Å². The maximum atomic E-state index is 9.01. The smallest absolute Gasteiger partial charge is 0.0471 e. The maximum Gasteiger partial charge on any atom is 0.0471 e. The lowest BCUT2D eigenvalue weighted by atomic mass is 9.98. The van der Waals surface area contributed by atoms with Crippen LogP contribution >= 0.6 is 0 Å². The van der Waals surface area contributed by atoms with Gasteiger partial charge in [-0.2, -0.15) is 0 Å². The van der Waals surface area contributed by atoms with Crippen molar-refractivity contribution in [3.63, 3.8) is 0 Å². The van der Waals surface area contributed by atoms with Gasteiger partial charge in [-0.3, -0.25) is 0 Å². The van der Waals surface area contributed by atoms with E-state index < -0.39 is 0 Å². The lowest BCUT2D eigenvalue weighted by molar-refractivity contribution is 0.124. The summed E-state index contributed by atoms with van der Waals surface area (Å²) in [4.78, 5) is 2.44. The van der Waals surface area contributed by atoms with Gasteiger partial charge in [0.15, 0.2) is 0 Å². The monoisotopic (exact) mass is 170 g/mol. The summed E-state index contributed by atoms with van der Waals surface area (Å²) < 4.78 is 0. The highest BCUT2D eigenvalue weighted by molar-refractivity contribution is 4.84. The van der Waals surface area contributed by atoms with E-state index in [1.54, 1.807) is 0 Å². The molecule has 0 aliphatic carbocycles. The first-order valence-corrected chi connectivity index (χ1v) is 4.84. The largest absolute Gasteiger partial charge is 0.396 e. The van der Waals surface area contributed by atoms with Crippen molar-refractivity contribution in [1.29, 1.82) is 0 Å². The second-order valence-electron chi connectivity index (χ2n) is 4.13. The topological polar surface area (TPSA) is 23.5 Å². The van der Waals surface area contributed by atoms with Gasteiger partial charge in [-0.05, 0) is 31.2 Å². The third-order valence-corrected chi connectivity index (χ3v) is 2.40. The minimum atomic E-state index is 0.360. The first-order valence-electron chi connectivity index (χ1n) is 4.84. The molecule has 1 atom stereocenters. The predicted molar refractivity (Wildman–Crippen MR) is 50.8 cm³/mol. The number of aliphatic hydroxyl groups is 1. The van der Waals surface area contributed by atoms with E-state index in [-0.39, 0.29) is 0 Å². The van der Waals surface area contributed by atoms with E-state index in [2.05, 4.69) is 18.7 Å². The lowest BCUT2D eigenvalue weighted by Crippen LogP contribution is -2.38. The predicted octanol–water partition coefficient (Wildman–Crippen LogP) is 1.30. The summed E-state index contributed by atoms with van der Waals surface area (Å²) in [6, 6.07) is 0. The van der Waals surface area contributed by atoms with Crippen LogP contribution in [0.2, 0.25) is 0 Å². The Hall–Kier alpha value is -0.0800. The summed E-state index contributed by atoms with van der Waals surface area (Å²) in [5.41, 5.74) is 0. The summed E-state index contributed by atoms with van der Waals surface area (Å²) >= 11 is 0. The molecule has 71 valence electrons. The molecule has 2 heteroatoms. The molecule has 1 N–H and O–H groups in total. The highest BCUT2D eigenvalue weighted by Crippen LogP contribution is 2.16. The molecule has 1 fully saturated rings. The van der Waals surface area contributed by atoms with Gasteiger partial charge < -0.3 is 10.0 Å². The summed E-state index contributed by atoms with van der Waals surface area (Å²) in [6.07, 6.45) is 2.45. The van der Waals surface area contributed by atoms with Crippen LogP contribution in [0.1, 0.15) is 26.7 Å². The van der Waals surface area contributed by atoms with Crippen molar-refractivity contribution in [2.75, 3.05) is 26.2 Å². The zero-order valence-corrected chi connectivity index (χ0v) is 8.21. The Balaban J connectivity index is 2.25. The minimum Gasteiger partial charge on any atom is -0.396 e. The van der Waals surface area contributed by atoms with E-state index in [0.29, 0.717) is 12.5 Å². The van der Waals surface area contributed by atoms with Crippen LogP contribution in [0.4, 0.5) is 0 Å². The number of piperidine rings is 1. The molecule has 12 heavy (non-hydrogen) atoms. The van der Waals surface area contributed by atoms with Crippen LogP contribution in [-0.2, 0) is 0 Å². The molecule has 2 nitrogen and oxygen atoms in total. The number of rotatable bonds is 3. The summed E-state index contributed by atoms with van der Waals surface area (Å²) in [5, 5.41) is 9.01. The Morgan fingerprint density at radius 2 is 2.25 bits per heavy atom. The number of likely N-dealkylation sites (tertiary alicyclic amines) is 1. The van der Waals surface area contributed by atoms with Crippen molar-refractivity contribution in [2.45, 2.75) is 26.7 Å². The molecule has 1 rings (SSSR count). The zero-order chi connectivity index (χ0) is 8.97. The van der Waals surface area contributed by atoms with Gasteiger partial charge in [0.25, 0.3) is 0 Å². The fourth-order valence-corrected chi connectivity index (χ4v) is 1.89. The van der Waals surface area contributed by atoms with E-state index in [0.717, 1.165) is 13.1 Å². The van der Waals surface area contributed by atoms with Gasteiger partial charge in [0.2, 0.25) is 0 Å². The SMILES string of the molecule is C[C](C)CN1CCCC(CO)C1. The van der Waals surface area contributed by atoms with E-state index in [1.807, 2.05) is 0 Å². The molecule has 0 bridgehead atoms. The Labute approximate surface area is 75.6 Å². The van der Waals surface area contributed by atoms with Crippen LogP contribution in [0.5, 0.6) is 0 Å². The van der Waals surface area contributed by atoms with Crippen molar-refractivity contribution in [3.05, 3.63) is 5.92 Å². The summed E-state index contributed by atoms with van der Waals surface area (Å²) in [6.45, 7) is 8.10. The second-order valence-corrected chi connectivity index (χ2v) is 4.13. The van der Waals surface area contributed by atoms with E-state index in [9.17, 15) is 0 Å². The Morgan fingerprint density at radius 1 is 1.50 bits per heavy atom. The van der Waals surface area contributed by atoms with Crippen LogP contribution in [0.3, 0.4) is 0 Å². The third kappa shape index (κ3) is 3.11. The molecule has 1 aliphatic heterocycles. The van der Waals surface area contributed by atoms with Crippen molar-refractivity contribution in [3.8, 4) is 0 Å².